The number of rotatable bonds is 3. The zero-order chi connectivity index (χ0) is 20.0. The summed E-state index contributed by atoms with van der Waals surface area (Å²) in [6, 6.07) is 18.9. The molecule has 0 bridgehead atoms. The SMILES string of the molecule is O=C(Nc1ccc2[nH]c(=O)[nH]c2c1)C1CC(=O)N(c2cccc3ccccc23)C1. The Morgan fingerprint density at radius 1 is 0.966 bits per heavy atom. The van der Waals surface area contributed by atoms with E-state index in [9.17, 15) is 14.4 Å². The number of anilines is 2. The first-order valence-electron chi connectivity index (χ1n) is 9.39. The van der Waals surface area contributed by atoms with Crippen molar-refractivity contribution in [2.24, 2.45) is 5.92 Å². The molecule has 0 saturated carbocycles. The van der Waals surface area contributed by atoms with Crippen molar-refractivity contribution in [1.29, 1.82) is 0 Å². The summed E-state index contributed by atoms with van der Waals surface area (Å²) in [7, 11) is 0. The lowest BCUT2D eigenvalue weighted by Gasteiger charge is -2.19. The molecule has 0 radical (unpaired) electrons. The van der Waals surface area contributed by atoms with Crippen LogP contribution in [0.5, 0.6) is 0 Å². The molecular weight excluding hydrogens is 368 g/mol. The van der Waals surface area contributed by atoms with Gasteiger partial charge in [0.2, 0.25) is 11.8 Å². The molecular formula is C22H18N4O3. The van der Waals surface area contributed by atoms with Crippen LogP contribution in [0.4, 0.5) is 11.4 Å². The molecule has 7 nitrogen and oxygen atoms in total. The molecule has 2 amide bonds. The standard InChI is InChI=1S/C22H18N4O3/c27-20-10-14(12-26(20)19-7-3-5-13-4-1-2-6-16(13)19)21(28)23-15-8-9-17-18(11-15)25-22(29)24-17/h1-9,11,14H,10,12H2,(H,23,28)(H2,24,25,29). The molecule has 1 aliphatic heterocycles. The van der Waals surface area contributed by atoms with Crippen molar-refractivity contribution in [3.05, 3.63) is 71.1 Å². The summed E-state index contributed by atoms with van der Waals surface area (Å²) in [5.41, 5.74) is 2.40. The Labute approximate surface area is 165 Å². The summed E-state index contributed by atoms with van der Waals surface area (Å²) in [5, 5.41) is 4.91. The number of hydrogen-bond acceptors (Lipinski definition) is 3. The zero-order valence-corrected chi connectivity index (χ0v) is 15.4. The number of nitrogens with one attached hydrogen (secondary N) is 3. The van der Waals surface area contributed by atoms with Gasteiger partial charge in [-0.1, -0.05) is 36.4 Å². The number of hydrogen-bond donors (Lipinski definition) is 3. The summed E-state index contributed by atoms with van der Waals surface area (Å²) >= 11 is 0. The van der Waals surface area contributed by atoms with Crippen molar-refractivity contribution in [2.75, 3.05) is 16.8 Å². The molecule has 1 saturated heterocycles. The molecule has 1 atom stereocenters. The lowest BCUT2D eigenvalue weighted by atomic mass is 10.1. The molecule has 3 N–H and O–H groups in total. The monoisotopic (exact) mass is 386 g/mol. The van der Waals surface area contributed by atoms with E-state index in [0.717, 1.165) is 16.5 Å². The van der Waals surface area contributed by atoms with E-state index in [4.69, 9.17) is 0 Å². The quantitative estimate of drug-likeness (QED) is 0.505. The van der Waals surface area contributed by atoms with Crippen LogP contribution in [0.1, 0.15) is 6.42 Å². The van der Waals surface area contributed by atoms with Crippen LogP contribution in [-0.2, 0) is 9.59 Å². The summed E-state index contributed by atoms with van der Waals surface area (Å²) in [4.78, 5) is 43.9. The molecule has 0 spiro atoms. The van der Waals surface area contributed by atoms with Crippen molar-refractivity contribution < 1.29 is 9.59 Å². The van der Waals surface area contributed by atoms with Gasteiger partial charge in [0.15, 0.2) is 0 Å². The lowest BCUT2D eigenvalue weighted by Crippen LogP contribution is -2.28. The van der Waals surface area contributed by atoms with Crippen LogP contribution in [0, 0.1) is 5.92 Å². The molecule has 29 heavy (non-hydrogen) atoms. The number of aromatic amines is 2. The average Bonchev–Trinajstić information content (AvgIpc) is 3.29. The molecule has 1 unspecified atom stereocenters. The Hall–Kier alpha value is -3.87. The van der Waals surface area contributed by atoms with Crippen LogP contribution in [0.15, 0.2) is 65.5 Å². The summed E-state index contributed by atoms with van der Waals surface area (Å²) < 4.78 is 0. The Kier molecular flexibility index (Phi) is 3.94. The second-order valence-corrected chi connectivity index (χ2v) is 7.23. The third-order valence-corrected chi connectivity index (χ3v) is 5.34. The van der Waals surface area contributed by atoms with Crippen LogP contribution in [-0.4, -0.2) is 28.3 Å². The van der Waals surface area contributed by atoms with E-state index >= 15 is 0 Å². The molecule has 1 fully saturated rings. The Bertz CT molecular complexity index is 1320. The van der Waals surface area contributed by atoms with Crippen LogP contribution in [0.25, 0.3) is 21.8 Å². The molecule has 7 heteroatoms. The Morgan fingerprint density at radius 2 is 1.76 bits per heavy atom. The van der Waals surface area contributed by atoms with Crippen LogP contribution in [0.2, 0.25) is 0 Å². The first-order chi connectivity index (χ1) is 14.1. The van der Waals surface area contributed by atoms with Gasteiger partial charge in [-0.3, -0.25) is 9.59 Å². The maximum Gasteiger partial charge on any atom is 0.323 e. The van der Waals surface area contributed by atoms with Crippen molar-refractivity contribution >= 4 is 45.0 Å². The minimum absolute atomic E-state index is 0.0630. The number of carbonyl (C=O) groups is 2. The van der Waals surface area contributed by atoms with Crippen LogP contribution >= 0.6 is 0 Å². The first-order valence-corrected chi connectivity index (χ1v) is 9.39. The summed E-state index contributed by atoms with van der Waals surface area (Å²) in [6.45, 7) is 0.335. The second-order valence-electron chi connectivity index (χ2n) is 7.23. The van der Waals surface area contributed by atoms with Crippen molar-refractivity contribution in [1.82, 2.24) is 9.97 Å². The maximum atomic E-state index is 12.8. The Morgan fingerprint density at radius 3 is 2.66 bits per heavy atom. The van der Waals surface area contributed by atoms with Gasteiger partial charge in [0.05, 0.1) is 22.6 Å². The normalized spacial score (nSPS) is 16.6. The molecule has 1 aromatic heterocycles. The topological polar surface area (TPSA) is 98.1 Å². The van der Waals surface area contributed by atoms with E-state index in [0.29, 0.717) is 23.3 Å². The van der Waals surface area contributed by atoms with Crippen molar-refractivity contribution in [3.8, 4) is 0 Å². The fraction of sp³-hybridized carbons (Fsp3) is 0.136. The van der Waals surface area contributed by atoms with Gasteiger partial charge >= 0.3 is 5.69 Å². The van der Waals surface area contributed by atoms with Crippen molar-refractivity contribution in [3.63, 3.8) is 0 Å². The predicted octanol–water partition coefficient (Wildman–Crippen LogP) is 3.00. The van der Waals surface area contributed by atoms with Gasteiger partial charge in [-0.05, 0) is 29.7 Å². The van der Waals surface area contributed by atoms with E-state index in [-0.39, 0.29) is 23.9 Å². The van der Waals surface area contributed by atoms with Gasteiger partial charge in [0.25, 0.3) is 0 Å². The molecule has 2 heterocycles. The lowest BCUT2D eigenvalue weighted by molar-refractivity contribution is -0.122. The largest absolute Gasteiger partial charge is 0.326 e. The number of H-pyrrole nitrogens is 2. The highest BCUT2D eigenvalue weighted by atomic mass is 16.2. The van der Waals surface area contributed by atoms with Gasteiger partial charge in [0, 0.05) is 24.0 Å². The molecule has 5 rings (SSSR count). The van der Waals surface area contributed by atoms with E-state index in [1.807, 2.05) is 42.5 Å². The highest BCUT2D eigenvalue weighted by Gasteiger charge is 2.35. The third kappa shape index (κ3) is 3.06. The van der Waals surface area contributed by atoms with Gasteiger partial charge < -0.3 is 20.2 Å². The highest BCUT2D eigenvalue weighted by Crippen LogP contribution is 2.32. The van der Waals surface area contributed by atoms with Gasteiger partial charge in [-0.15, -0.1) is 0 Å². The van der Waals surface area contributed by atoms with E-state index in [2.05, 4.69) is 15.3 Å². The van der Waals surface area contributed by atoms with Crippen LogP contribution < -0.4 is 15.9 Å². The number of fused-ring (bicyclic) bond motifs is 2. The molecule has 4 aromatic rings. The number of nitrogens with zero attached hydrogens (tertiary/aromatic N) is 1. The highest BCUT2D eigenvalue weighted by molar-refractivity contribution is 6.08. The number of benzene rings is 3. The smallest absolute Gasteiger partial charge is 0.323 e. The van der Waals surface area contributed by atoms with E-state index in [1.54, 1.807) is 23.1 Å². The van der Waals surface area contributed by atoms with Gasteiger partial charge in [-0.2, -0.15) is 0 Å². The minimum Gasteiger partial charge on any atom is -0.326 e. The third-order valence-electron chi connectivity index (χ3n) is 5.34. The predicted molar refractivity (Wildman–Crippen MR) is 112 cm³/mol. The molecule has 0 aliphatic carbocycles. The summed E-state index contributed by atoms with van der Waals surface area (Å²) in [6.07, 6.45) is 0.165. The fourth-order valence-corrected chi connectivity index (χ4v) is 3.91. The fourth-order valence-electron chi connectivity index (χ4n) is 3.91. The number of carbonyl (C=O) groups excluding carboxylic acids is 2. The van der Waals surface area contributed by atoms with E-state index in [1.165, 1.54) is 0 Å². The minimum atomic E-state index is -0.442. The summed E-state index contributed by atoms with van der Waals surface area (Å²) in [5.74, 6) is -0.715. The number of aromatic nitrogens is 2. The van der Waals surface area contributed by atoms with Gasteiger partial charge in [0.1, 0.15) is 0 Å². The maximum absolute atomic E-state index is 12.8. The molecule has 3 aromatic carbocycles. The number of amides is 2. The molecule has 1 aliphatic rings. The second kappa shape index (κ2) is 6.63. The Balaban J connectivity index is 1.37. The van der Waals surface area contributed by atoms with Crippen LogP contribution in [0.3, 0.4) is 0 Å². The first kappa shape index (κ1) is 17.2. The van der Waals surface area contributed by atoms with Gasteiger partial charge in [-0.25, -0.2) is 4.79 Å². The number of imidazole rings is 1. The zero-order valence-electron chi connectivity index (χ0n) is 15.4. The van der Waals surface area contributed by atoms with E-state index < -0.39 is 5.92 Å². The molecule has 144 valence electrons. The van der Waals surface area contributed by atoms with Crippen molar-refractivity contribution in [2.45, 2.75) is 6.42 Å². The average molecular weight is 386 g/mol.